The highest BCUT2D eigenvalue weighted by Crippen LogP contribution is 2.43. The molecule has 0 radical (unpaired) electrons. The van der Waals surface area contributed by atoms with E-state index >= 15 is 0 Å². The van der Waals surface area contributed by atoms with E-state index in [0.717, 1.165) is 179 Å². The molecule has 8 aromatic rings. The Labute approximate surface area is 783 Å². The topological polar surface area (TPSA) is 393 Å². The predicted molar refractivity (Wildman–Crippen MR) is 518 cm³/mol. The predicted octanol–water partition coefficient (Wildman–Crippen LogP) is 19.5. The van der Waals surface area contributed by atoms with Gasteiger partial charge in [-0.2, -0.15) is 0 Å². The third kappa shape index (κ3) is 35.5. The molecule has 0 bridgehead atoms. The summed E-state index contributed by atoms with van der Waals surface area (Å²) in [5, 5.41) is 29.3. The van der Waals surface area contributed by atoms with Gasteiger partial charge in [-0.25, -0.2) is 44.7 Å². The maximum Gasteiger partial charge on any atom is 0.407 e. The van der Waals surface area contributed by atoms with E-state index in [1.807, 2.05) is 169 Å². The van der Waals surface area contributed by atoms with Crippen LogP contribution in [-0.4, -0.2) is 155 Å². The number of pyridine rings is 5. The molecule has 9 heterocycles. The Morgan fingerprint density at radius 1 is 0.453 bits per heavy atom. The second-order valence-corrected chi connectivity index (χ2v) is 39.0. The molecule has 5 fully saturated rings. The van der Waals surface area contributed by atoms with Crippen LogP contribution in [0.1, 0.15) is 270 Å². The molecular weight excluding hydrogens is 1750 g/mol. The van der Waals surface area contributed by atoms with Crippen LogP contribution in [0.25, 0.3) is 0 Å². The van der Waals surface area contributed by atoms with Gasteiger partial charge in [0.25, 0.3) is 0 Å². The Morgan fingerprint density at radius 3 is 1.16 bits per heavy atom. The number of anilines is 5. The number of alkyl carbamates (subject to hydrolysis) is 1. The Kier molecular flexibility index (Phi) is 42.5. The smallest absolute Gasteiger partial charge is 0.407 e. The van der Waals surface area contributed by atoms with Crippen LogP contribution in [0.4, 0.5) is 33.9 Å². The summed E-state index contributed by atoms with van der Waals surface area (Å²) in [4.78, 5) is 108. The molecule has 0 saturated heterocycles. The van der Waals surface area contributed by atoms with Crippen molar-refractivity contribution < 1.29 is 38.6 Å². The number of halogens is 4. The zero-order valence-electron chi connectivity index (χ0n) is 77.1. The van der Waals surface area contributed by atoms with Crippen LogP contribution < -0.4 is 48.3 Å². The number of aliphatic carboxylic acids is 1. The molecule has 32 heteroatoms. The maximum absolute atomic E-state index is 13.0. The Balaban J connectivity index is 0.000000236. The number of hydrogen-bond donors (Lipinski definition) is 9. The Bertz CT molecular complexity index is 4680. The number of carbonyl (C=O) groups excluding carboxylic acids is 4. The summed E-state index contributed by atoms with van der Waals surface area (Å²) in [7, 11) is 0. The quantitative estimate of drug-likeness (QED) is 0.0302. The first-order valence-corrected chi connectivity index (χ1v) is 45.8. The molecule has 1 aliphatic heterocycles. The van der Waals surface area contributed by atoms with Gasteiger partial charge in [-0.15, -0.1) is 12.4 Å². The number of fused-ring (bicyclic) bond motifs is 1. The minimum absolute atomic E-state index is 0. The summed E-state index contributed by atoms with van der Waals surface area (Å²) < 4.78 is 11.5. The number of hydrogen-bond acceptors (Lipinski definition) is 24. The highest BCUT2D eigenvalue weighted by Gasteiger charge is 2.49. The molecule has 0 aromatic carbocycles. The second kappa shape index (κ2) is 50.7. The highest BCUT2D eigenvalue weighted by atomic mass is 79.9. The van der Waals surface area contributed by atoms with Crippen molar-refractivity contribution in [3.8, 4) is 0 Å². The molecule has 14 rings (SSSR count). The van der Waals surface area contributed by atoms with Gasteiger partial charge in [-0.3, -0.25) is 39.0 Å². The van der Waals surface area contributed by atoms with Crippen molar-refractivity contribution in [1.29, 1.82) is 0 Å². The van der Waals surface area contributed by atoms with Crippen LogP contribution in [0, 0.1) is 40.5 Å². The number of ether oxygens (including phenoxy) is 2. The lowest BCUT2D eigenvalue weighted by atomic mass is 9.84. The van der Waals surface area contributed by atoms with Crippen LogP contribution in [0.5, 0.6) is 0 Å². The standard InChI is InChI=1S/C20H26ClN5O.C20H25N5O.C18H28N2O2.C12H19N3.C11H22N2O2.C8H9ClN2O2.C6H6BrN.CH4.ClH/c1-13-4-9-16(24-12-13)25-14-5-7-15(8-6-14)26-19(27)20(2,3)17-18(21)23-11-10-22-17;1-13-4-9-16(23-12-13)24-14-5-7-15(8-6-14)25-18-17(21-10-11-22-18)20(2,3)19(25)26;1-13-5-10-16(19-12-13)20-15-8-6-14(7-9-15)11-17(21)22-18(2,3)4;1-9-2-7-12(14-8-9)15-11-5-3-10(13)4-6-11;1-11(2,3)15-10(14)13-9-6-4-8(12)5-7-9;1-8(2,7(12)13)5-6(9)11-4-3-10-5;1-5-2-3-6(7)8-4-5;;/h4,9-12,14-15H,5-8H2,1-3H3,(H,24,25)(H,26,27);4,9-12,14-15H,5-8H2,1-3H3,(H,23,24);5,10,12,14-15H,6-9,11H2,1-4H3,(H,19,20);2,7-8,10-11H,3-6,13H2,1H3,(H,14,15);8-9H,4-7,12H2,1-3H3,(H,13,14);3-4H,1-2H3,(H,12,13);2-4H,1H3;1H4;1H. The number of carboxylic acids is 1. The lowest BCUT2D eigenvalue weighted by Crippen LogP contribution is -2.47. The van der Waals surface area contributed by atoms with Crippen LogP contribution in [-0.2, 0) is 44.9 Å². The average molecular weight is 1890 g/mol. The first-order chi connectivity index (χ1) is 59.5. The zero-order chi connectivity index (χ0) is 92.1. The number of carboxylic acid groups (broad SMARTS) is 1. The number of nitrogens with zero attached hydrogens (tertiary/aromatic N) is 12. The molecule has 700 valence electrons. The number of nitrogens with two attached hydrogens (primary N) is 2. The molecular formula is C96H140BrCl3N20O8. The van der Waals surface area contributed by atoms with Crippen molar-refractivity contribution in [3.05, 3.63) is 189 Å². The molecule has 3 amide bonds. The molecule has 0 spiro atoms. The van der Waals surface area contributed by atoms with Crippen molar-refractivity contribution in [2.24, 2.45) is 17.4 Å². The van der Waals surface area contributed by atoms with Crippen molar-refractivity contribution in [2.45, 2.75) is 342 Å². The van der Waals surface area contributed by atoms with Gasteiger partial charge in [-0.05, 0) is 326 Å². The fraction of sp³-hybridized carbons (Fsp3) is 0.562. The number of rotatable bonds is 17. The number of esters is 1. The molecule has 11 N–H and O–H groups in total. The third-order valence-electron chi connectivity index (χ3n) is 22.9. The fourth-order valence-corrected chi connectivity index (χ4v) is 16.2. The summed E-state index contributed by atoms with van der Waals surface area (Å²) in [6.45, 7) is 32.1. The monoisotopic (exact) mass is 1880 g/mol. The summed E-state index contributed by atoms with van der Waals surface area (Å²) in [5.74, 6) is 3.98. The number of nitrogens with one attached hydrogen (secondary N) is 6. The number of aryl methyl sites for hydroxylation is 5. The third-order valence-corrected chi connectivity index (χ3v) is 23.9. The molecule has 0 atom stereocenters. The van der Waals surface area contributed by atoms with E-state index in [-0.39, 0.29) is 83.4 Å². The largest absolute Gasteiger partial charge is 0.481 e. The molecule has 5 aliphatic carbocycles. The minimum atomic E-state index is -1.11. The maximum atomic E-state index is 13.0. The summed E-state index contributed by atoms with van der Waals surface area (Å²) in [5.41, 5.74) is 15.8. The van der Waals surface area contributed by atoms with Crippen molar-refractivity contribution in [3.63, 3.8) is 0 Å². The average Bonchev–Trinajstić information content (AvgIpc) is 1.59. The van der Waals surface area contributed by atoms with Crippen molar-refractivity contribution >= 4 is 110 Å². The van der Waals surface area contributed by atoms with Crippen LogP contribution in [0.15, 0.2) is 133 Å². The van der Waals surface area contributed by atoms with Crippen LogP contribution in [0.3, 0.4) is 0 Å². The number of carbonyl (C=O) groups is 5. The lowest BCUT2D eigenvalue weighted by Gasteiger charge is -2.35. The number of amides is 3. The van der Waals surface area contributed by atoms with E-state index in [2.05, 4.69) is 134 Å². The SMILES string of the molecule is C.CC(C)(C(=O)O)c1nccnc1Cl.CC(C)(C)OC(=O)NC1CCC(N)CC1.Cc1ccc(Br)nc1.Cc1ccc(NC2CCC(CC(=O)OC(C)(C)C)CC2)nc1.Cc1ccc(NC2CCC(N)CC2)nc1.Cc1ccc(NC2CCC(N3C(=O)C(C)(C)c4nccnc43)CC2)nc1.Cc1ccc(NC2CCC(NC(=O)C(C)(C)c3nccnc3Cl)CC2)nc1.Cl. The van der Waals surface area contributed by atoms with Crippen LogP contribution in [0.2, 0.25) is 10.3 Å². The second-order valence-electron chi connectivity index (χ2n) is 37.5. The molecule has 0 unspecified atom stereocenters. The van der Waals surface area contributed by atoms with Gasteiger partial charge in [0.05, 0.1) is 27.9 Å². The molecule has 128 heavy (non-hydrogen) atoms. The fourth-order valence-electron chi connectivity index (χ4n) is 15.3. The van der Waals surface area contributed by atoms with Gasteiger partial charge in [0.15, 0.2) is 16.1 Å². The van der Waals surface area contributed by atoms with Crippen LogP contribution >= 0.6 is 51.5 Å². The van der Waals surface area contributed by atoms with E-state index < -0.39 is 27.8 Å². The van der Waals surface area contributed by atoms with E-state index in [1.165, 1.54) is 49.1 Å². The molecule has 28 nitrogen and oxygen atoms in total. The first kappa shape index (κ1) is 107. The summed E-state index contributed by atoms with van der Waals surface area (Å²) >= 11 is 15.1. The highest BCUT2D eigenvalue weighted by molar-refractivity contribution is 9.10. The van der Waals surface area contributed by atoms with Gasteiger partial charge in [-0.1, -0.05) is 61.0 Å². The van der Waals surface area contributed by atoms with Gasteiger partial charge >= 0.3 is 18.0 Å². The summed E-state index contributed by atoms with van der Waals surface area (Å²) in [6.07, 6.45) is 39.5. The molecule has 6 aliphatic rings. The summed E-state index contributed by atoms with van der Waals surface area (Å²) in [6, 6.07) is 23.5. The number of aromatic nitrogens is 11. The lowest BCUT2D eigenvalue weighted by molar-refractivity contribution is -0.156. The van der Waals surface area contributed by atoms with E-state index in [4.69, 9.17) is 49.2 Å². The van der Waals surface area contributed by atoms with Gasteiger partial charge < -0.3 is 57.9 Å². The zero-order valence-corrected chi connectivity index (χ0v) is 81.0. The Hall–Kier alpha value is -9.39. The Morgan fingerprint density at radius 2 is 0.789 bits per heavy atom. The van der Waals surface area contributed by atoms with E-state index in [9.17, 15) is 24.0 Å². The minimum Gasteiger partial charge on any atom is -0.481 e. The van der Waals surface area contributed by atoms with Gasteiger partial charge in [0, 0.05) is 129 Å². The van der Waals surface area contributed by atoms with Crippen molar-refractivity contribution in [2.75, 3.05) is 26.2 Å². The first-order valence-electron chi connectivity index (χ1n) is 44.2. The molecule has 5 saturated carbocycles. The van der Waals surface area contributed by atoms with Gasteiger partial charge in [0.1, 0.15) is 44.5 Å². The normalized spacial score (nSPS) is 21.0. The van der Waals surface area contributed by atoms with Gasteiger partial charge in [0.2, 0.25) is 11.8 Å². The van der Waals surface area contributed by atoms with E-state index in [1.54, 1.807) is 18.6 Å². The molecule has 8 aromatic heterocycles. The van der Waals surface area contributed by atoms with E-state index in [0.29, 0.717) is 54.3 Å². The van der Waals surface area contributed by atoms with Crippen molar-refractivity contribution in [1.82, 2.24) is 65.5 Å².